The van der Waals surface area contributed by atoms with Gasteiger partial charge in [-0.2, -0.15) is 4.31 Å². The number of hydrogen-bond donors (Lipinski definition) is 1. The molecule has 3 fully saturated rings. The van der Waals surface area contributed by atoms with E-state index in [9.17, 15) is 18.5 Å². The van der Waals surface area contributed by atoms with Crippen molar-refractivity contribution in [3.05, 3.63) is 28.3 Å². The molecule has 0 amide bonds. The van der Waals surface area contributed by atoms with Gasteiger partial charge in [-0.3, -0.25) is 15.0 Å². The van der Waals surface area contributed by atoms with Gasteiger partial charge in [-0.05, 0) is 25.5 Å². The van der Waals surface area contributed by atoms with Crippen molar-refractivity contribution in [2.75, 3.05) is 57.9 Å². The molecule has 0 aliphatic carbocycles. The van der Waals surface area contributed by atoms with Crippen molar-refractivity contribution < 1.29 is 22.8 Å². The molecule has 2 atom stereocenters. The third-order valence-electron chi connectivity index (χ3n) is 5.75. The van der Waals surface area contributed by atoms with Gasteiger partial charge in [-0.25, -0.2) is 8.42 Å². The van der Waals surface area contributed by atoms with Crippen molar-refractivity contribution in [1.82, 2.24) is 9.21 Å². The Morgan fingerprint density at radius 3 is 2.79 bits per heavy atom. The van der Waals surface area contributed by atoms with E-state index in [-0.39, 0.29) is 29.8 Å². The lowest BCUT2D eigenvalue weighted by molar-refractivity contribution is -0.385. The molecule has 10 nitrogen and oxygen atoms in total. The van der Waals surface area contributed by atoms with Crippen molar-refractivity contribution in [3.8, 4) is 0 Å². The first-order valence-electron chi connectivity index (χ1n) is 9.91. The number of non-ortho nitro benzene ring substituents is 1. The quantitative estimate of drug-likeness (QED) is 0.527. The number of nitro groups is 1. The molecule has 3 aliphatic heterocycles. The van der Waals surface area contributed by atoms with E-state index in [1.807, 2.05) is 0 Å². The van der Waals surface area contributed by atoms with Crippen molar-refractivity contribution in [3.63, 3.8) is 0 Å². The third kappa shape index (κ3) is 4.38. The van der Waals surface area contributed by atoms with Gasteiger partial charge in [-0.1, -0.05) is 0 Å². The predicted octanol–water partition coefficient (Wildman–Crippen LogP) is 0.891. The summed E-state index contributed by atoms with van der Waals surface area (Å²) >= 11 is 0. The van der Waals surface area contributed by atoms with Gasteiger partial charge in [0, 0.05) is 44.4 Å². The molecule has 0 saturated carbocycles. The molecule has 0 spiro atoms. The number of anilines is 1. The number of morpholine rings is 2. The molecule has 29 heavy (non-hydrogen) atoms. The molecule has 3 aliphatic rings. The normalized spacial score (nSPS) is 26.2. The molecule has 11 heteroatoms. The van der Waals surface area contributed by atoms with Crippen molar-refractivity contribution >= 4 is 21.4 Å². The Balaban J connectivity index is 1.53. The van der Waals surface area contributed by atoms with Crippen LogP contribution in [-0.4, -0.2) is 87.2 Å². The Kier molecular flexibility index (Phi) is 6.02. The first-order chi connectivity index (χ1) is 13.9. The number of hydrogen-bond acceptors (Lipinski definition) is 8. The van der Waals surface area contributed by atoms with E-state index in [2.05, 4.69) is 10.2 Å². The van der Waals surface area contributed by atoms with Gasteiger partial charge in [0.1, 0.15) is 4.90 Å². The van der Waals surface area contributed by atoms with E-state index >= 15 is 0 Å². The number of sulfonamides is 1. The van der Waals surface area contributed by atoms with E-state index < -0.39 is 14.9 Å². The van der Waals surface area contributed by atoms with Crippen LogP contribution in [0.15, 0.2) is 23.1 Å². The average Bonchev–Trinajstić information content (AvgIpc) is 3.20. The number of benzene rings is 1. The van der Waals surface area contributed by atoms with Gasteiger partial charge in [0.15, 0.2) is 0 Å². The fourth-order valence-corrected chi connectivity index (χ4v) is 5.74. The van der Waals surface area contributed by atoms with Gasteiger partial charge in [0.05, 0.1) is 36.5 Å². The lowest BCUT2D eigenvalue weighted by atomic mass is 10.2. The van der Waals surface area contributed by atoms with Crippen molar-refractivity contribution in [2.24, 2.45) is 0 Å². The summed E-state index contributed by atoms with van der Waals surface area (Å²) in [6.07, 6.45) is 2.28. The second kappa shape index (κ2) is 8.52. The van der Waals surface area contributed by atoms with Gasteiger partial charge in [-0.15, -0.1) is 0 Å². The zero-order chi connectivity index (χ0) is 20.4. The highest BCUT2D eigenvalue weighted by atomic mass is 32.2. The average molecular weight is 426 g/mol. The molecule has 1 aromatic rings. The molecule has 0 radical (unpaired) electrons. The molecule has 4 rings (SSSR count). The number of ether oxygens (including phenoxy) is 2. The number of rotatable bonds is 6. The van der Waals surface area contributed by atoms with Crippen LogP contribution in [0, 0.1) is 10.1 Å². The summed E-state index contributed by atoms with van der Waals surface area (Å²) in [5, 5.41) is 14.4. The standard InChI is InChI=1S/C18H26N4O6S/c23-22(24)14-3-4-17(18(10-14)29(25,26)21-6-8-27-9-7-21)19-11-16-12-20-5-1-2-15(20)13-28-16/h3-4,10,15-16,19H,1-2,5-9,11-13H2. The summed E-state index contributed by atoms with van der Waals surface area (Å²) in [7, 11) is -3.88. The number of nitrogens with one attached hydrogen (secondary N) is 1. The monoisotopic (exact) mass is 426 g/mol. The van der Waals surface area contributed by atoms with E-state index in [0.717, 1.165) is 25.6 Å². The Hall–Kier alpha value is -1.79. The van der Waals surface area contributed by atoms with Crippen LogP contribution in [0.1, 0.15) is 12.8 Å². The molecule has 3 saturated heterocycles. The fraction of sp³-hybridized carbons (Fsp3) is 0.667. The lowest BCUT2D eigenvalue weighted by Crippen LogP contribution is -2.48. The minimum absolute atomic E-state index is 0.0570. The minimum atomic E-state index is -3.88. The van der Waals surface area contributed by atoms with Gasteiger partial charge < -0.3 is 14.8 Å². The maximum Gasteiger partial charge on any atom is 0.270 e. The molecular weight excluding hydrogens is 400 g/mol. The largest absolute Gasteiger partial charge is 0.381 e. The summed E-state index contributed by atoms with van der Waals surface area (Å²) < 4.78 is 38.8. The maximum atomic E-state index is 13.2. The number of nitrogens with zero attached hydrogens (tertiary/aromatic N) is 3. The topological polar surface area (TPSA) is 114 Å². The van der Waals surface area contributed by atoms with Gasteiger partial charge in [0.2, 0.25) is 10.0 Å². The van der Waals surface area contributed by atoms with Crippen LogP contribution in [0.4, 0.5) is 11.4 Å². The summed E-state index contributed by atoms with van der Waals surface area (Å²) in [4.78, 5) is 13.0. The second-order valence-corrected chi connectivity index (χ2v) is 9.49. The van der Waals surface area contributed by atoms with Gasteiger partial charge >= 0.3 is 0 Å². The van der Waals surface area contributed by atoms with Crippen molar-refractivity contribution in [1.29, 1.82) is 0 Å². The summed E-state index contributed by atoms with van der Waals surface area (Å²) in [6.45, 7) is 4.07. The highest BCUT2D eigenvalue weighted by molar-refractivity contribution is 7.89. The Morgan fingerprint density at radius 2 is 2.03 bits per heavy atom. The summed E-state index contributed by atoms with van der Waals surface area (Å²) in [5.74, 6) is 0. The second-order valence-electron chi connectivity index (χ2n) is 7.58. The Labute approximate surface area is 170 Å². The van der Waals surface area contributed by atoms with Crippen LogP contribution in [0.2, 0.25) is 0 Å². The number of nitro benzene ring substituents is 1. The highest BCUT2D eigenvalue weighted by Crippen LogP contribution is 2.30. The van der Waals surface area contributed by atoms with Crippen LogP contribution < -0.4 is 5.32 Å². The van der Waals surface area contributed by atoms with E-state index in [1.165, 1.54) is 22.9 Å². The number of fused-ring (bicyclic) bond motifs is 1. The third-order valence-corrected chi connectivity index (χ3v) is 7.68. The molecule has 1 aromatic carbocycles. The molecular formula is C18H26N4O6S. The smallest absolute Gasteiger partial charge is 0.270 e. The van der Waals surface area contributed by atoms with Crippen LogP contribution in [0.5, 0.6) is 0 Å². The first kappa shape index (κ1) is 20.5. The van der Waals surface area contributed by atoms with Crippen LogP contribution >= 0.6 is 0 Å². The van der Waals surface area contributed by atoms with E-state index in [0.29, 0.717) is 38.1 Å². The molecule has 160 valence electrons. The minimum Gasteiger partial charge on any atom is -0.381 e. The maximum absolute atomic E-state index is 13.2. The van der Waals surface area contributed by atoms with Crippen LogP contribution in [0.25, 0.3) is 0 Å². The lowest BCUT2D eigenvalue weighted by Gasteiger charge is -2.35. The molecule has 0 aromatic heterocycles. The van der Waals surface area contributed by atoms with Gasteiger partial charge in [0.25, 0.3) is 5.69 Å². The van der Waals surface area contributed by atoms with Crippen molar-refractivity contribution in [2.45, 2.75) is 29.9 Å². The predicted molar refractivity (Wildman–Crippen MR) is 105 cm³/mol. The molecule has 2 unspecified atom stereocenters. The molecule has 3 heterocycles. The zero-order valence-electron chi connectivity index (χ0n) is 16.2. The first-order valence-corrected chi connectivity index (χ1v) is 11.3. The van der Waals surface area contributed by atoms with Crippen LogP contribution in [0.3, 0.4) is 0 Å². The molecule has 0 bridgehead atoms. The van der Waals surface area contributed by atoms with E-state index in [4.69, 9.17) is 9.47 Å². The van der Waals surface area contributed by atoms with E-state index in [1.54, 1.807) is 0 Å². The highest BCUT2D eigenvalue weighted by Gasteiger charge is 2.33. The van der Waals surface area contributed by atoms with Crippen LogP contribution in [-0.2, 0) is 19.5 Å². The molecule has 1 N–H and O–H groups in total. The Bertz CT molecular complexity index is 858. The Morgan fingerprint density at radius 1 is 1.24 bits per heavy atom. The zero-order valence-corrected chi connectivity index (χ0v) is 17.0. The fourth-order valence-electron chi connectivity index (χ4n) is 4.14. The SMILES string of the molecule is O=[N+]([O-])c1ccc(NCC2CN3CCCC3CO2)c(S(=O)(=O)N2CCOCC2)c1. The summed E-state index contributed by atoms with van der Waals surface area (Å²) in [5.41, 5.74) is 0.102. The summed E-state index contributed by atoms with van der Waals surface area (Å²) in [6, 6.07) is 4.40.